The first-order chi connectivity index (χ1) is 7.05. The topological polar surface area (TPSA) is 0 Å². The lowest BCUT2D eigenvalue weighted by atomic mass is 9.81. The quantitative estimate of drug-likeness (QED) is 0.468. The minimum Gasteiger partial charge on any atom is -0.0884 e. The summed E-state index contributed by atoms with van der Waals surface area (Å²) < 4.78 is 1.67. The number of halogens is 4. The van der Waals surface area contributed by atoms with E-state index >= 15 is 0 Å². The first kappa shape index (κ1) is 10.6. The molecule has 82 valence electrons. The van der Waals surface area contributed by atoms with Gasteiger partial charge in [-0.3, -0.25) is 0 Å². The van der Waals surface area contributed by atoms with Crippen molar-refractivity contribution in [3.05, 3.63) is 10.6 Å². The van der Waals surface area contributed by atoms with Gasteiger partial charge < -0.3 is 0 Å². The lowest BCUT2D eigenvalue weighted by molar-refractivity contribution is 0.286. The van der Waals surface area contributed by atoms with E-state index < -0.39 is 0 Å². The van der Waals surface area contributed by atoms with E-state index in [-0.39, 0.29) is 4.32 Å². The van der Waals surface area contributed by atoms with Crippen molar-refractivity contribution in [1.82, 2.24) is 0 Å². The molecule has 4 aliphatic carbocycles. The van der Waals surface area contributed by atoms with Crippen LogP contribution in [0.1, 0.15) is 6.42 Å². The first-order valence-electron chi connectivity index (χ1n) is 5.41. The summed E-state index contributed by atoms with van der Waals surface area (Å²) in [6, 6.07) is 0. The fourth-order valence-corrected chi connectivity index (χ4v) is 10.0. The van der Waals surface area contributed by atoms with E-state index in [0.29, 0.717) is 9.65 Å². The Morgan fingerprint density at radius 1 is 1.27 bits per heavy atom. The summed E-state index contributed by atoms with van der Waals surface area (Å²) in [5.41, 5.74) is 0. The zero-order valence-electron chi connectivity index (χ0n) is 7.84. The molecule has 0 heterocycles. The number of hydrogen-bond donors (Lipinski definition) is 0. The predicted molar refractivity (Wildman–Crippen MR) is 76.2 cm³/mol. The van der Waals surface area contributed by atoms with Gasteiger partial charge in [0.2, 0.25) is 0 Å². The van der Waals surface area contributed by atoms with E-state index in [1.54, 1.807) is 0 Å². The normalized spacial score (nSPS) is 69.1. The first-order valence-corrected chi connectivity index (χ1v) is 8.82. The molecule has 3 saturated carbocycles. The van der Waals surface area contributed by atoms with Gasteiger partial charge in [0.25, 0.3) is 0 Å². The van der Waals surface area contributed by atoms with E-state index in [0.717, 1.165) is 29.6 Å². The maximum atomic E-state index is 4.02. The van der Waals surface area contributed by atoms with Crippen molar-refractivity contribution in [2.45, 2.75) is 20.4 Å². The van der Waals surface area contributed by atoms with Crippen LogP contribution >= 0.6 is 63.7 Å². The number of rotatable bonds is 0. The Labute approximate surface area is 123 Å². The smallest absolute Gasteiger partial charge is 0.0612 e. The fraction of sp³-hybridized carbons (Fsp3) is 0.818. The molecule has 0 spiro atoms. The van der Waals surface area contributed by atoms with Crippen LogP contribution in [0.3, 0.4) is 0 Å². The van der Waals surface area contributed by atoms with Crippen molar-refractivity contribution in [2.75, 3.05) is 0 Å². The summed E-state index contributed by atoms with van der Waals surface area (Å²) in [4.78, 5) is 1.31. The monoisotopic (exact) mass is 458 g/mol. The van der Waals surface area contributed by atoms with Crippen LogP contribution in [0.25, 0.3) is 0 Å². The van der Waals surface area contributed by atoms with Crippen LogP contribution in [-0.4, -0.2) is 14.0 Å². The number of allylic oxidation sites excluding steroid dienone is 2. The molecule has 0 radical (unpaired) electrons. The van der Waals surface area contributed by atoms with Crippen molar-refractivity contribution in [3.8, 4) is 0 Å². The van der Waals surface area contributed by atoms with Crippen LogP contribution < -0.4 is 0 Å². The largest absolute Gasteiger partial charge is 0.0884 e. The third kappa shape index (κ3) is 0.978. The highest BCUT2D eigenvalue weighted by molar-refractivity contribution is 9.13. The molecule has 0 aliphatic heterocycles. The van der Waals surface area contributed by atoms with Crippen molar-refractivity contribution in [2.24, 2.45) is 29.6 Å². The summed E-state index contributed by atoms with van der Waals surface area (Å²) in [5, 5.41) is 0. The van der Waals surface area contributed by atoms with Crippen molar-refractivity contribution >= 4 is 63.7 Å². The van der Waals surface area contributed by atoms with Crippen molar-refractivity contribution < 1.29 is 0 Å². The maximum Gasteiger partial charge on any atom is 0.0612 e. The lowest BCUT2D eigenvalue weighted by Crippen LogP contribution is -2.30. The summed E-state index contributed by atoms with van der Waals surface area (Å²) in [6.45, 7) is 0. The zero-order valence-corrected chi connectivity index (χ0v) is 14.2. The molecule has 0 aromatic rings. The van der Waals surface area contributed by atoms with Crippen LogP contribution in [0, 0.1) is 29.6 Å². The molecule has 0 unspecified atom stereocenters. The average Bonchev–Trinajstić information content (AvgIpc) is 2.79. The van der Waals surface area contributed by atoms with Crippen LogP contribution in [0.15, 0.2) is 10.6 Å². The SMILES string of the molecule is BrC1=C[C@@]2(Br)[C@H]3[C@@H]4C[C@H]([C@@H](Br)[C@H]4[C@H]2Br)[C@@H]13. The summed E-state index contributed by atoms with van der Waals surface area (Å²) >= 11 is 15.7. The highest BCUT2D eigenvalue weighted by Crippen LogP contribution is 2.75. The van der Waals surface area contributed by atoms with Gasteiger partial charge in [0, 0.05) is 9.65 Å². The van der Waals surface area contributed by atoms with Gasteiger partial charge in [0.15, 0.2) is 0 Å². The average molecular weight is 462 g/mol. The van der Waals surface area contributed by atoms with Gasteiger partial charge in [-0.05, 0) is 40.5 Å². The second kappa shape index (κ2) is 2.97. The summed E-state index contributed by atoms with van der Waals surface area (Å²) in [6.07, 6.45) is 3.86. The molecule has 4 rings (SSSR count). The molecule has 0 nitrogen and oxygen atoms in total. The second-order valence-corrected chi connectivity index (χ2v) is 9.73. The standard InChI is InChI=1S/C11H10Br4/c12-5-2-11(15)8-3-1-4(6(5)8)9(13)7(3)10(11)14/h2-4,6-10H,1H2/t3-,4+,6+,7+,8+,9-,10-,11-/m1/s1. The highest BCUT2D eigenvalue weighted by atomic mass is 79.9. The molecular formula is C11H10Br4. The highest BCUT2D eigenvalue weighted by Gasteiger charge is 2.73. The van der Waals surface area contributed by atoms with E-state index in [2.05, 4.69) is 69.8 Å². The van der Waals surface area contributed by atoms with Crippen LogP contribution in [0.2, 0.25) is 0 Å². The number of fused-ring (bicyclic) bond motifs is 2. The third-order valence-corrected chi connectivity index (χ3v) is 10.4. The van der Waals surface area contributed by atoms with E-state index in [1.165, 1.54) is 10.9 Å². The van der Waals surface area contributed by atoms with E-state index in [4.69, 9.17) is 0 Å². The molecule has 0 N–H and O–H groups in total. The van der Waals surface area contributed by atoms with Gasteiger partial charge in [-0.25, -0.2) is 0 Å². The van der Waals surface area contributed by atoms with Gasteiger partial charge in [0.1, 0.15) is 0 Å². The molecule has 2 bridgehead atoms. The summed E-state index contributed by atoms with van der Waals surface area (Å²) in [7, 11) is 0. The van der Waals surface area contributed by atoms with Gasteiger partial charge in [-0.1, -0.05) is 69.8 Å². The van der Waals surface area contributed by atoms with Crippen molar-refractivity contribution in [3.63, 3.8) is 0 Å². The predicted octanol–water partition coefficient (Wildman–Crippen LogP) is 4.45. The van der Waals surface area contributed by atoms with Crippen LogP contribution in [0.5, 0.6) is 0 Å². The maximum absolute atomic E-state index is 4.02. The Kier molecular flexibility index (Phi) is 2.09. The molecule has 4 aliphatic rings. The van der Waals surface area contributed by atoms with Gasteiger partial charge in [0.05, 0.1) is 4.32 Å². The van der Waals surface area contributed by atoms with E-state index in [9.17, 15) is 0 Å². The van der Waals surface area contributed by atoms with Crippen LogP contribution in [0.4, 0.5) is 0 Å². The molecule has 4 heteroatoms. The minimum atomic E-state index is 0.225. The number of hydrogen-bond acceptors (Lipinski definition) is 0. The molecule has 0 aromatic heterocycles. The summed E-state index contributed by atoms with van der Waals surface area (Å²) in [5.74, 6) is 4.21. The Hall–Kier alpha value is 1.66. The molecule has 0 saturated heterocycles. The van der Waals surface area contributed by atoms with Crippen LogP contribution in [-0.2, 0) is 0 Å². The van der Waals surface area contributed by atoms with Crippen molar-refractivity contribution in [1.29, 1.82) is 0 Å². The number of alkyl halides is 3. The lowest BCUT2D eigenvalue weighted by Gasteiger charge is -2.30. The van der Waals surface area contributed by atoms with Gasteiger partial charge >= 0.3 is 0 Å². The molecule has 15 heavy (non-hydrogen) atoms. The second-order valence-electron chi connectivity index (χ2n) is 5.40. The molecule has 0 aromatic carbocycles. The van der Waals surface area contributed by atoms with E-state index in [1.807, 2.05) is 0 Å². The molecule has 8 atom stereocenters. The van der Waals surface area contributed by atoms with Gasteiger partial charge in [-0.2, -0.15) is 0 Å². The fourth-order valence-electron chi connectivity index (χ4n) is 4.71. The molecule has 3 fully saturated rings. The zero-order chi connectivity index (χ0) is 10.5. The molecular weight excluding hydrogens is 452 g/mol. The Morgan fingerprint density at radius 3 is 2.73 bits per heavy atom. The Bertz CT molecular complexity index is 379. The van der Waals surface area contributed by atoms with Gasteiger partial charge in [-0.15, -0.1) is 0 Å². The Balaban J connectivity index is 1.96. The Morgan fingerprint density at radius 2 is 2.00 bits per heavy atom. The third-order valence-electron chi connectivity index (χ3n) is 5.07. The molecule has 0 amide bonds. The minimum absolute atomic E-state index is 0.225.